The minimum absolute atomic E-state index is 0.0217. The second-order valence-electron chi connectivity index (χ2n) is 6.46. The zero-order chi connectivity index (χ0) is 19.0. The molecule has 1 aromatic carbocycles. The number of hydrogen-bond acceptors (Lipinski definition) is 6. The van der Waals surface area contributed by atoms with Crippen LogP contribution in [-0.4, -0.2) is 37.9 Å². The lowest BCUT2D eigenvalue weighted by Gasteiger charge is -2.15. The molecular weight excluding hydrogens is 372 g/mol. The molecule has 2 atom stereocenters. The van der Waals surface area contributed by atoms with E-state index in [1.165, 1.54) is 16.3 Å². The molecule has 0 aliphatic heterocycles. The van der Waals surface area contributed by atoms with Crippen molar-refractivity contribution >= 4 is 22.8 Å². The van der Waals surface area contributed by atoms with Crippen LogP contribution in [0.25, 0.3) is 16.9 Å². The van der Waals surface area contributed by atoms with Gasteiger partial charge in [0.2, 0.25) is 5.88 Å². The normalized spacial score (nSPS) is 19.9. The first kappa shape index (κ1) is 18.1. The van der Waals surface area contributed by atoms with Crippen molar-refractivity contribution in [3.8, 4) is 11.7 Å². The second-order valence-corrected chi connectivity index (χ2v) is 7.23. The monoisotopic (exact) mass is 391 g/mol. The van der Waals surface area contributed by atoms with Crippen LogP contribution >= 0.6 is 11.8 Å². The standard InChI is InChI=1S/C18H19F2N5OS/c1-27-18-23-14(9-15(24-18)26-11-7-6-10(21)8-11)25-13-5-3-2-4-12(13)22-17(25)16(19)20/h2-5,9-11,16H,6-8,21H2,1H3/t10-,11+/m1/s1. The number of nitrogens with two attached hydrogens (primary N) is 1. The zero-order valence-electron chi connectivity index (χ0n) is 14.7. The summed E-state index contributed by atoms with van der Waals surface area (Å²) in [4.78, 5) is 12.9. The number of aromatic nitrogens is 4. The van der Waals surface area contributed by atoms with E-state index in [-0.39, 0.29) is 18.0 Å². The Morgan fingerprint density at radius 2 is 2.04 bits per heavy atom. The van der Waals surface area contributed by atoms with Crippen molar-refractivity contribution < 1.29 is 13.5 Å². The number of rotatable bonds is 5. The van der Waals surface area contributed by atoms with Gasteiger partial charge in [0.05, 0.1) is 11.0 Å². The van der Waals surface area contributed by atoms with Crippen LogP contribution in [0.15, 0.2) is 35.5 Å². The first-order chi connectivity index (χ1) is 13.0. The van der Waals surface area contributed by atoms with Crippen molar-refractivity contribution in [3.05, 3.63) is 36.2 Å². The number of benzene rings is 1. The minimum Gasteiger partial charge on any atom is -0.474 e. The minimum atomic E-state index is -2.73. The summed E-state index contributed by atoms with van der Waals surface area (Å²) < 4.78 is 34.6. The molecule has 2 heterocycles. The molecule has 1 saturated carbocycles. The summed E-state index contributed by atoms with van der Waals surface area (Å²) in [5, 5.41) is 0.447. The lowest BCUT2D eigenvalue weighted by molar-refractivity contribution is 0.139. The number of alkyl halides is 2. The molecule has 1 aliphatic carbocycles. The SMILES string of the molecule is CSc1nc(O[C@H]2CC[C@@H](N)C2)cc(-n2c(C(F)F)nc3ccccc32)n1. The van der Waals surface area contributed by atoms with E-state index in [0.29, 0.717) is 27.9 Å². The van der Waals surface area contributed by atoms with Crippen LogP contribution in [0.5, 0.6) is 5.88 Å². The summed E-state index contributed by atoms with van der Waals surface area (Å²) >= 11 is 1.32. The summed E-state index contributed by atoms with van der Waals surface area (Å²) in [5.74, 6) is 0.327. The molecule has 0 unspecified atom stereocenters. The molecule has 4 rings (SSSR count). The fourth-order valence-corrected chi connectivity index (χ4v) is 3.71. The van der Waals surface area contributed by atoms with E-state index < -0.39 is 6.43 Å². The van der Waals surface area contributed by atoms with E-state index in [4.69, 9.17) is 10.5 Å². The Bertz CT molecular complexity index is 964. The van der Waals surface area contributed by atoms with Crippen molar-refractivity contribution in [2.24, 2.45) is 5.73 Å². The molecule has 1 fully saturated rings. The number of ether oxygens (including phenoxy) is 1. The van der Waals surface area contributed by atoms with Crippen LogP contribution in [0.1, 0.15) is 31.5 Å². The average Bonchev–Trinajstić information content (AvgIpc) is 3.24. The summed E-state index contributed by atoms with van der Waals surface area (Å²) in [6.45, 7) is 0. The maximum atomic E-state index is 13.6. The summed E-state index contributed by atoms with van der Waals surface area (Å²) in [5.41, 5.74) is 6.99. The lowest BCUT2D eigenvalue weighted by Crippen LogP contribution is -2.19. The fraction of sp³-hybridized carbons (Fsp3) is 0.389. The Labute approximate surface area is 159 Å². The van der Waals surface area contributed by atoms with Crippen LogP contribution in [-0.2, 0) is 0 Å². The summed E-state index contributed by atoms with van der Waals surface area (Å²) in [6.07, 6.45) is 1.58. The van der Waals surface area contributed by atoms with E-state index in [0.717, 1.165) is 19.3 Å². The van der Waals surface area contributed by atoms with Crippen LogP contribution in [0.2, 0.25) is 0 Å². The average molecular weight is 391 g/mol. The molecule has 3 aromatic rings. The zero-order valence-corrected chi connectivity index (χ0v) is 15.5. The summed E-state index contributed by atoms with van der Waals surface area (Å²) in [7, 11) is 0. The van der Waals surface area contributed by atoms with Gasteiger partial charge in [-0.2, -0.15) is 4.98 Å². The number of thioether (sulfide) groups is 1. The second kappa shape index (κ2) is 7.40. The van der Waals surface area contributed by atoms with Crippen molar-refractivity contribution in [2.45, 2.75) is 43.0 Å². The topological polar surface area (TPSA) is 78.9 Å². The highest BCUT2D eigenvalue weighted by Crippen LogP contribution is 2.30. The number of hydrogen-bond donors (Lipinski definition) is 1. The molecule has 2 aromatic heterocycles. The third-order valence-electron chi connectivity index (χ3n) is 4.57. The van der Waals surface area contributed by atoms with Gasteiger partial charge in [0.25, 0.3) is 6.43 Å². The number of halogens is 2. The van der Waals surface area contributed by atoms with Gasteiger partial charge >= 0.3 is 0 Å². The first-order valence-electron chi connectivity index (χ1n) is 8.66. The quantitative estimate of drug-likeness (QED) is 0.527. The Morgan fingerprint density at radius 3 is 2.74 bits per heavy atom. The molecule has 0 bridgehead atoms. The molecule has 142 valence electrons. The van der Waals surface area contributed by atoms with Crippen LogP contribution in [0, 0.1) is 0 Å². The Hall–Kier alpha value is -2.26. The molecule has 2 N–H and O–H groups in total. The van der Waals surface area contributed by atoms with Crippen molar-refractivity contribution in [2.75, 3.05) is 6.26 Å². The number of nitrogens with zero attached hydrogens (tertiary/aromatic N) is 4. The molecule has 1 aliphatic rings. The third-order valence-corrected chi connectivity index (χ3v) is 5.12. The van der Waals surface area contributed by atoms with Crippen molar-refractivity contribution in [1.82, 2.24) is 19.5 Å². The van der Waals surface area contributed by atoms with Gasteiger partial charge in [-0.05, 0) is 37.7 Å². The maximum Gasteiger partial charge on any atom is 0.296 e. The van der Waals surface area contributed by atoms with E-state index in [1.54, 1.807) is 30.3 Å². The number of fused-ring (bicyclic) bond motifs is 1. The van der Waals surface area contributed by atoms with Crippen LogP contribution in [0.3, 0.4) is 0 Å². The van der Waals surface area contributed by atoms with Gasteiger partial charge in [0.1, 0.15) is 11.9 Å². The van der Waals surface area contributed by atoms with Gasteiger partial charge in [-0.25, -0.2) is 18.7 Å². The predicted octanol–water partition coefficient (Wildman–Crippen LogP) is 3.73. The lowest BCUT2D eigenvalue weighted by atomic mass is 10.3. The highest BCUT2D eigenvalue weighted by molar-refractivity contribution is 7.98. The van der Waals surface area contributed by atoms with E-state index >= 15 is 0 Å². The van der Waals surface area contributed by atoms with Gasteiger partial charge in [0, 0.05) is 12.1 Å². The van der Waals surface area contributed by atoms with E-state index in [2.05, 4.69) is 15.0 Å². The van der Waals surface area contributed by atoms with E-state index in [9.17, 15) is 8.78 Å². The molecule has 27 heavy (non-hydrogen) atoms. The van der Waals surface area contributed by atoms with Crippen molar-refractivity contribution in [1.29, 1.82) is 0 Å². The van der Waals surface area contributed by atoms with Gasteiger partial charge in [-0.3, -0.25) is 4.57 Å². The van der Waals surface area contributed by atoms with Gasteiger partial charge in [-0.1, -0.05) is 23.9 Å². The largest absolute Gasteiger partial charge is 0.474 e. The summed E-state index contributed by atoms with van der Waals surface area (Å²) in [6, 6.07) is 8.70. The number of imidazole rings is 1. The van der Waals surface area contributed by atoms with Crippen LogP contribution < -0.4 is 10.5 Å². The third kappa shape index (κ3) is 3.61. The molecule has 6 nitrogen and oxygen atoms in total. The predicted molar refractivity (Wildman–Crippen MR) is 99.6 cm³/mol. The molecule has 0 spiro atoms. The molecule has 0 saturated heterocycles. The van der Waals surface area contributed by atoms with E-state index in [1.807, 2.05) is 6.26 Å². The Balaban J connectivity index is 1.80. The van der Waals surface area contributed by atoms with Crippen molar-refractivity contribution in [3.63, 3.8) is 0 Å². The maximum absolute atomic E-state index is 13.6. The molecule has 0 radical (unpaired) electrons. The first-order valence-corrected chi connectivity index (χ1v) is 9.89. The Kier molecular flexibility index (Phi) is 4.96. The van der Waals surface area contributed by atoms with Crippen LogP contribution in [0.4, 0.5) is 8.78 Å². The number of para-hydroxylation sites is 2. The smallest absolute Gasteiger partial charge is 0.296 e. The van der Waals surface area contributed by atoms with Gasteiger partial charge < -0.3 is 10.5 Å². The highest BCUT2D eigenvalue weighted by atomic mass is 32.2. The van der Waals surface area contributed by atoms with Gasteiger partial charge in [-0.15, -0.1) is 0 Å². The highest BCUT2D eigenvalue weighted by Gasteiger charge is 2.25. The fourth-order valence-electron chi connectivity index (χ4n) is 3.34. The molecule has 0 amide bonds. The Morgan fingerprint density at radius 1 is 1.22 bits per heavy atom. The molecular formula is C18H19F2N5OS. The molecule has 9 heteroatoms. The van der Waals surface area contributed by atoms with Gasteiger partial charge in [0.15, 0.2) is 11.0 Å².